The molecule has 0 atom stereocenters. The highest BCUT2D eigenvalue weighted by Crippen LogP contribution is 2.37. The number of carboxylic acid groups (broad SMARTS) is 1. The Bertz CT molecular complexity index is 1700. The van der Waals surface area contributed by atoms with Gasteiger partial charge >= 0.3 is 5.97 Å². The Kier molecular flexibility index (Phi) is 9.39. The average Bonchev–Trinajstić information content (AvgIpc) is 3.47. The summed E-state index contributed by atoms with van der Waals surface area (Å²) in [6.45, 7) is 4.44. The van der Waals surface area contributed by atoms with Crippen LogP contribution in [0.3, 0.4) is 0 Å². The summed E-state index contributed by atoms with van der Waals surface area (Å²) in [6, 6.07) is 35.2. The molecule has 4 aromatic carbocycles. The van der Waals surface area contributed by atoms with Crippen LogP contribution in [0.25, 0.3) is 28.4 Å². The molecule has 0 bridgehead atoms. The maximum Gasteiger partial charge on any atom is 0.346 e. The van der Waals surface area contributed by atoms with E-state index < -0.39 is 5.97 Å². The summed E-state index contributed by atoms with van der Waals surface area (Å²) in [6.07, 6.45) is 8.26. The highest BCUT2D eigenvalue weighted by Gasteiger charge is 2.15. The lowest BCUT2D eigenvalue weighted by molar-refractivity contribution is -0.132. The summed E-state index contributed by atoms with van der Waals surface area (Å²) in [4.78, 5) is 13.5. The fraction of sp³-hybridized carbons (Fsp3) is 0.211. The van der Waals surface area contributed by atoms with Gasteiger partial charge in [-0.3, -0.25) is 0 Å². The molecule has 1 N–H and O–H groups in total. The maximum absolute atomic E-state index is 11.2. The van der Waals surface area contributed by atoms with Gasteiger partial charge in [-0.05, 0) is 109 Å². The number of aryl methyl sites for hydroxylation is 2. The first-order chi connectivity index (χ1) is 21.0. The van der Waals surface area contributed by atoms with Gasteiger partial charge in [0, 0.05) is 28.0 Å². The number of furan rings is 1. The normalized spacial score (nSPS) is 11.4. The molecule has 0 fully saturated rings. The van der Waals surface area contributed by atoms with Gasteiger partial charge in [-0.15, -0.1) is 0 Å². The first kappa shape index (κ1) is 29.4. The van der Waals surface area contributed by atoms with E-state index in [1.165, 1.54) is 42.9 Å². The Morgan fingerprint density at radius 3 is 1.81 bits per heavy atom. The average molecular weight is 569 g/mol. The molecule has 5 aromatic rings. The monoisotopic (exact) mass is 568 g/mol. The summed E-state index contributed by atoms with van der Waals surface area (Å²) < 4.78 is 6.16. The first-order valence-electron chi connectivity index (χ1n) is 15.0. The molecule has 0 saturated carbocycles. The molecule has 0 spiro atoms. The number of aliphatic carboxylic acids is 1. The van der Waals surface area contributed by atoms with E-state index >= 15 is 0 Å². The predicted octanol–water partition coefficient (Wildman–Crippen LogP) is 10.2. The predicted molar refractivity (Wildman–Crippen MR) is 175 cm³/mol. The van der Waals surface area contributed by atoms with E-state index in [9.17, 15) is 9.90 Å². The molecule has 0 aliphatic carbocycles. The number of carboxylic acids is 1. The highest BCUT2D eigenvalue weighted by molar-refractivity contribution is 5.97. The second kappa shape index (κ2) is 13.7. The van der Waals surface area contributed by atoms with Gasteiger partial charge in [0.05, 0.1) is 0 Å². The van der Waals surface area contributed by atoms with Gasteiger partial charge in [0.1, 0.15) is 23.0 Å². The second-order valence-corrected chi connectivity index (χ2v) is 10.8. The number of fused-ring (bicyclic) bond motifs is 1. The van der Waals surface area contributed by atoms with Crippen LogP contribution in [0.4, 0.5) is 17.1 Å². The lowest BCUT2D eigenvalue weighted by Crippen LogP contribution is -2.10. The van der Waals surface area contributed by atoms with Crippen LogP contribution in [0.1, 0.15) is 56.2 Å². The number of nitrogens with zero attached hydrogens (tertiary/aromatic N) is 2. The zero-order chi connectivity index (χ0) is 30.2. The maximum atomic E-state index is 11.2. The summed E-state index contributed by atoms with van der Waals surface area (Å²) in [5.74, 6) is -0.537. The van der Waals surface area contributed by atoms with Gasteiger partial charge in [-0.1, -0.05) is 63.1 Å². The van der Waals surface area contributed by atoms with Crippen molar-refractivity contribution < 1.29 is 14.3 Å². The SMILES string of the molecule is CCCCc1ccc(N(c2ccc(CCCC)cc2)c2ccc(-c3cc4ccc(C=C(C#N)C(=O)O)cc4o3)cc2)cc1. The van der Waals surface area contributed by atoms with Crippen molar-refractivity contribution >= 4 is 40.1 Å². The molecule has 5 heteroatoms. The molecule has 5 nitrogen and oxygen atoms in total. The molecule has 1 heterocycles. The zero-order valence-electron chi connectivity index (χ0n) is 24.7. The number of hydrogen-bond donors (Lipinski definition) is 1. The fourth-order valence-electron chi connectivity index (χ4n) is 5.20. The molecule has 0 radical (unpaired) electrons. The zero-order valence-corrected chi connectivity index (χ0v) is 24.7. The second-order valence-electron chi connectivity index (χ2n) is 10.8. The number of rotatable bonds is 12. The quantitative estimate of drug-likeness (QED) is 0.120. The van der Waals surface area contributed by atoms with Crippen molar-refractivity contribution in [1.29, 1.82) is 5.26 Å². The van der Waals surface area contributed by atoms with E-state index in [-0.39, 0.29) is 5.57 Å². The number of benzene rings is 4. The number of nitriles is 1. The standard InChI is InChI=1S/C38H36N2O3/c1-3-5-7-27-10-17-33(18-11-27)40(34-19-12-28(13-20-34)8-6-4-2)35-21-15-30(16-22-35)37-25-31-14-9-29(24-36(31)43-37)23-32(26-39)38(41)42/h9-25H,3-8H2,1-2H3,(H,41,42). The van der Waals surface area contributed by atoms with Crippen molar-refractivity contribution in [1.82, 2.24) is 0 Å². The third kappa shape index (κ3) is 7.05. The number of carbonyl (C=O) groups is 1. The first-order valence-corrected chi connectivity index (χ1v) is 15.0. The van der Waals surface area contributed by atoms with Crippen molar-refractivity contribution in [2.75, 3.05) is 4.90 Å². The van der Waals surface area contributed by atoms with Crippen molar-refractivity contribution in [3.8, 4) is 17.4 Å². The Morgan fingerprint density at radius 2 is 1.33 bits per heavy atom. The Labute approximate surface area is 253 Å². The number of unbranched alkanes of at least 4 members (excludes halogenated alkanes) is 2. The minimum absolute atomic E-state index is 0.322. The Hall–Kier alpha value is -5.08. The third-order valence-corrected chi connectivity index (χ3v) is 7.64. The summed E-state index contributed by atoms with van der Waals surface area (Å²) >= 11 is 0. The molecule has 216 valence electrons. The van der Waals surface area contributed by atoms with Crippen LogP contribution < -0.4 is 4.90 Å². The van der Waals surface area contributed by atoms with Crippen LogP contribution in [0.15, 0.2) is 107 Å². The van der Waals surface area contributed by atoms with Crippen molar-refractivity contribution in [2.24, 2.45) is 0 Å². The summed E-state index contributed by atoms with van der Waals surface area (Å²) in [5, 5.41) is 19.2. The van der Waals surface area contributed by atoms with Crippen LogP contribution >= 0.6 is 0 Å². The van der Waals surface area contributed by atoms with Crippen LogP contribution in [-0.4, -0.2) is 11.1 Å². The number of hydrogen-bond acceptors (Lipinski definition) is 4. The fourth-order valence-corrected chi connectivity index (χ4v) is 5.20. The topological polar surface area (TPSA) is 77.5 Å². The minimum Gasteiger partial charge on any atom is -0.477 e. The van der Waals surface area contributed by atoms with E-state index in [1.807, 2.05) is 12.1 Å². The van der Waals surface area contributed by atoms with Crippen molar-refractivity contribution in [3.63, 3.8) is 0 Å². The van der Waals surface area contributed by atoms with Gasteiger partial charge in [0.2, 0.25) is 0 Å². The van der Waals surface area contributed by atoms with E-state index in [1.54, 1.807) is 18.2 Å². The Morgan fingerprint density at radius 1 is 0.791 bits per heavy atom. The molecule has 0 aliphatic rings. The van der Waals surface area contributed by atoms with Gasteiger partial charge in [-0.2, -0.15) is 5.26 Å². The molecule has 0 unspecified atom stereocenters. The van der Waals surface area contributed by atoms with Crippen LogP contribution in [-0.2, 0) is 17.6 Å². The van der Waals surface area contributed by atoms with E-state index in [2.05, 4.69) is 91.5 Å². The van der Waals surface area contributed by atoms with E-state index in [0.717, 1.165) is 40.9 Å². The Balaban J connectivity index is 1.45. The molecular formula is C38H36N2O3. The van der Waals surface area contributed by atoms with Crippen LogP contribution in [0.5, 0.6) is 0 Å². The summed E-state index contributed by atoms with van der Waals surface area (Å²) in [5.41, 5.74) is 7.81. The third-order valence-electron chi connectivity index (χ3n) is 7.64. The molecular weight excluding hydrogens is 532 g/mol. The molecule has 5 rings (SSSR count). The lowest BCUT2D eigenvalue weighted by atomic mass is 10.1. The van der Waals surface area contributed by atoms with E-state index in [0.29, 0.717) is 16.9 Å². The van der Waals surface area contributed by atoms with Crippen LogP contribution in [0.2, 0.25) is 0 Å². The minimum atomic E-state index is -1.25. The van der Waals surface area contributed by atoms with Gasteiger partial charge in [0.15, 0.2) is 0 Å². The molecule has 0 aliphatic heterocycles. The molecule has 43 heavy (non-hydrogen) atoms. The van der Waals surface area contributed by atoms with Gasteiger partial charge < -0.3 is 14.4 Å². The molecule has 1 aromatic heterocycles. The highest BCUT2D eigenvalue weighted by atomic mass is 16.4. The molecule has 0 saturated heterocycles. The summed E-state index contributed by atoms with van der Waals surface area (Å²) in [7, 11) is 0. The number of anilines is 3. The largest absolute Gasteiger partial charge is 0.477 e. The van der Waals surface area contributed by atoms with Gasteiger partial charge in [-0.25, -0.2) is 4.79 Å². The van der Waals surface area contributed by atoms with Crippen molar-refractivity contribution in [2.45, 2.75) is 52.4 Å². The molecule has 0 amide bonds. The lowest BCUT2D eigenvalue weighted by Gasteiger charge is -2.26. The van der Waals surface area contributed by atoms with Crippen LogP contribution in [0, 0.1) is 11.3 Å². The van der Waals surface area contributed by atoms with Crippen molar-refractivity contribution in [3.05, 3.63) is 119 Å². The van der Waals surface area contributed by atoms with Gasteiger partial charge in [0.25, 0.3) is 0 Å². The smallest absolute Gasteiger partial charge is 0.346 e. The van der Waals surface area contributed by atoms with E-state index in [4.69, 9.17) is 9.68 Å².